The van der Waals surface area contributed by atoms with Gasteiger partial charge in [0.05, 0.1) is 6.42 Å². The number of hydrogen-bond acceptors (Lipinski definition) is 1. The Morgan fingerprint density at radius 3 is 2.78 bits per heavy atom. The first-order chi connectivity index (χ1) is 10.9. The standard InChI is InChI=1S/C21H24O2/c1-16-9-8-14-21(2,3)19(16)13-7-6-11-17-10-4-5-12-18(17)15-20(22)23/h4-5,7,10,12-13H,8-9,14-15H2,1-3H3,(H,22,23). The molecule has 0 bridgehead atoms. The van der Waals surface area contributed by atoms with Crippen molar-refractivity contribution >= 4 is 5.97 Å². The second-order valence-corrected chi connectivity index (χ2v) is 6.76. The van der Waals surface area contributed by atoms with Gasteiger partial charge in [-0.15, -0.1) is 0 Å². The molecule has 2 rings (SSSR count). The Hall–Kier alpha value is -2.27. The van der Waals surface area contributed by atoms with E-state index in [9.17, 15) is 4.79 Å². The molecule has 0 fully saturated rings. The van der Waals surface area contributed by atoms with Gasteiger partial charge in [0.1, 0.15) is 0 Å². The molecule has 2 nitrogen and oxygen atoms in total. The summed E-state index contributed by atoms with van der Waals surface area (Å²) >= 11 is 0. The van der Waals surface area contributed by atoms with E-state index in [1.807, 2.05) is 30.3 Å². The van der Waals surface area contributed by atoms with Gasteiger partial charge in [-0.05, 0) is 54.9 Å². The zero-order valence-corrected chi connectivity index (χ0v) is 14.1. The van der Waals surface area contributed by atoms with Crippen LogP contribution in [0, 0.1) is 17.3 Å². The SMILES string of the molecule is CC1=C(C=CC#Cc2ccccc2CC(=O)O)C(C)(C)CCC1. The van der Waals surface area contributed by atoms with Gasteiger partial charge in [0, 0.05) is 5.56 Å². The maximum atomic E-state index is 10.9. The van der Waals surface area contributed by atoms with Gasteiger partial charge in [0.25, 0.3) is 0 Å². The Kier molecular flexibility index (Phi) is 5.45. The molecule has 1 aromatic carbocycles. The molecular formula is C21H24O2. The van der Waals surface area contributed by atoms with Crippen LogP contribution in [0.3, 0.4) is 0 Å². The number of hydrogen-bond donors (Lipinski definition) is 1. The number of carboxylic acids is 1. The second-order valence-electron chi connectivity index (χ2n) is 6.76. The minimum absolute atomic E-state index is 0.00581. The third-order valence-electron chi connectivity index (χ3n) is 4.44. The van der Waals surface area contributed by atoms with Crippen molar-refractivity contribution in [2.24, 2.45) is 5.41 Å². The van der Waals surface area contributed by atoms with Gasteiger partial charge in [0.2, 0.25) is 0 Å². The van der Waals surface area contributed by atoms with Crippen molar-refractivity contribution in [3.8, 4) is 11.8 Å². The lowest BCUT2D eigenvalue weighted by atomic mass is 9.73. The van der Waals surface area contributed by atoms with Crippen LogP contribution >= 0.6 is 0 Å². The minimum Gasteiger partial charge on any atom is -0.481 e. The average Bonchev–Trinajstić information content (AvgIpc) is 2.46. The summed E-state index contributed by atoms with van der Waals surface area (Å²) in [7, 11) is 0. The predicted octanol–water partition coefficient (Wildman–Crippen LogP) is 4.75. The van der Waals surface area contributed by atoms with Gasteiger partial charge < -0.3 is 5.11 Å². The molecule has 1 aliphatic rings. The molecule has 0 saturated carbocycles. The zero-order chi connectivity index (χ0) is 16.9. The smallest absolute Gasteiger partial charge is 0.307 e. The Labute approximate surface area is 138 Å². The molecule has 0 aliphatic heterocycles. The molecule has 23 heavy (non-hydrogen) atoms. The van der Waals surface area contributed by atoms with E-state index in [0.29, 0.717) is 0 Å². The number of carbonyl (C=O) groups is 1. The number of aliphatic carboxylic acids is 1. The van der Waals surface area contributed by atoms with E-state index < -0.39 is 5.97 Å². The van der Waals surface area contributed by atoms with Crippen molar-refractivity contribution in [3.63, 3.8) is 0 Å². The Balaban J connectivity index is 2.19. The fraction of sp³-hybridized carbons (Fsp3) is 0.381. The van der Waals surface area contributed by atoms with Crippen LogP contribution in [0.2, 0.25) is 0 Å². The normalized spacial score (nSPS) is 17.0. The minimum atomic E-state index is -0.834. The maximum absolute atomic E-state index is 10.9. The van der Waals surface area contributed by atoms with Gasteiger partial charge in [-0.2, -0.15) is 0 Å². The van der Waals surface area contributed by atoms with Crippen molar-refractivity contribution in [2.75, 3.05) is 0 Å². The number of rotatable bonds is 3. The summed E-state index contributed by atoms with van der Waals surface area (Å²) in [6.45, 7) is 6.77. The lowest BCUT2D eigenvalue weighted by Gasteiger charge is -2.32. The first-order valence-corrected chi connectivity index (χ1v) is 8.08. The Morgan fingerprint density at radius 2 is 2.09 bits per heavy atom. The van der Waals surface area contributed by atoms with Crippen LogP contribution in [0.1, 0.15) is 51.2 Å². The van der Waals surface area contributed by atoms with Crippen molar-refractivity contribution in [3.05, 3.63) is 58.7 Å². The highest BCUT2D eigenvalue weighted by Crippen LogP contribution is 2.40. The van der Waals surface area contributed by atoms with E-state index in [2.05, 4.69) is 38.7 Å². The lowest BCUT2D eigenvalue weighted by Crippen LogP contribution is -2.18. The van der Waals surface area contributed by atoms with Gasteiger partial charge in [-0.25, -0.2) is 0 Å². The molecule has 1 aromatic rings. The molecule has 0 unspecified atom stereocenters. The summed E-state index contributed by atoms with van der Waals surface area (Å²) in [5.74, 6) is 5.31. The van der Waals surface area contributed by atoms with E-state index in [1.165, 1.54) is 24.0 Å². The van der Waals surface area contributed by atoms with Crippen molar-refractivity contribution in [2.45, 2.75) is 46.5 Å². The van der Waals surface area contributed by atoms with Crippen molar-refractivity contribution in [1.82, 2.24) is 0 Å². The molecule has 2 heteroatoms. The molecule has 0 atom stereocenters. The van der Waals surface area contributed by atoms with E-state index in [1.54, 1.807) is 0 Å². The fourth-order valence-electron chi connectivity index (χ4n) is 3.21. The van der Waals surface area contributed by atoms with Crippen LogP contribution in [0.5, 0.6) is 0 Å². The van der Waals surface area contributed by atoms with Crippen molar-refractivity contribution < 1.29 is 9.90 Å². The van der Waals surface area contributed by atoms with E-state index in [0.717, 1.165) is 17.5 Å². The van der Waals surface area contributed by atoms with Gasteiger partial charge in [-0.1, -0.05) is 55.5 Å². The van der Waals surface area contributed by atoms with Crippen LogP contribution < -0.4 is 0 Å². The zero-order valence-electron chi connectivity index (χ0n) is 14.1. The first-order valence-electron chi connectivity index (χ1n) is 8.08. The van der Waals surface area contributed by atoms with E-state index in [4.69, 9.17) is 5.11 Å². The quantitative estimate of drug-likeness (QED) is 0.818. The van der Waals surface area contributed by atoms with E-state index in [-0.39, 0.29) is 11.8 Å². The second kappa shape index (κ2) is 7.33. The van der Waals surface area contributed by atoms with E-state index >= 15 is 0 Å². The molecule has 0 heterocycles. The molecule has 120 valence electrons. The molecule has 0 aromatic heterocycles. The largest absolute Gasteiger partial charge is 0.481 e. The summed E-state index contributed by atoms with van der Waals surface area (Å²) in [6, 6.07) is 7.42. The van der Waals surface area contributed by atoms with Gasteiger partial charge >= 0.3 is 5.97 Å². The molecule has 0 spiro atoms. The van der Waals surface area contributed by atoms with Crippen LogP contribution in [0.15, 0.2) is 47.6 Å². The topological polar surface area (TPSA) is 37.3 Å². The van der Waals surface area contributed by atoms with Crippen molar-refractivity contribution in [1.29, 1.82) is 0 Å². The number of allylic oxidation sites excluding steroid dienone is 4. The molecule has 0 saturated heterocycles. The molecule has 0 radical (unpaired) electrons. The highest BCUT2D eigenvalue weighted by Gasteiger charge is 2.26. The monoisotopic (exact) mass is 308 g/mol. The van der Waals surface area contributed by atoms with Crippen LogP contribution in [-0.4, -0.2) is 11.1 Å². The number of benzene rings is 1. The summed E-state index contributed by atoms with van der Waals surface area (Å²) in [5.41, 5.74) is 4.59. The van der Waals surface area contributed by atoms with Crippen LogP contribution in [0.25, 0.3) is 0 Å². The predicted molar refractivity (Wildman–Crippen MR) is 94.1 cm³/mol. The Morgan fingerprint density at radius 1 is 1.35 bits per heavy atom. The summed E-state index contributed by atoms with van der Waals surface area (Å²) in [4.78, 5) is 10.9. The number of carboxylic acid groups (broad SMARTS) is 1. The summed E-state index contributed by atoms with van der Waals surface area (Å²) in [5, 5.41) is 8.95. The average molecular weight is 308 g/mol. The fourth-order valence-corrected chi connectivity index (χ4v) is 3.21. The first kappa shape index (κ1) is 17.1. The summed E-state index contributed by atoms with van der Waals surface area (Å²) < 4.78 is 0. The highest BCUT2D eigenvalue weighted by atomic mass is 16.4. The lowest BCUT2D eigenvalue weighted by molar-refractivity contribution is -0.136. The van der Waals surface area contributed by atoms with Gasteiger partial charge in [-0.3, -0.25) is 4.79 Å². The summed E-state index contributed by atoms with van der Waals surface area (Å²) in [6.07, 6.45) is 7.65. The highest BCUT2D eigenvalue weighted by molar-refractivity contribution is 5.71. The molecule has 1 N–H and O–H groups in total. The Bertz CT molecular complexity index is 709. The third kappa shape index (κ3) is 4.60. The van der Waals surface area contributed by atoms with Crippen LogP contribution in [0.4, 0.5) is 0 Å². The molecule has 0 amide bonds. The molecule has 1 aliphatic carbocycles. The van der Waals surface area contributed by atoms with Crippen LogP contribution in [-0.2, 0) is 11.2 Å². The van der Waals surface area contributed by atoms with Gasteiger partial charge in [0.15, 0.2) is 0 Å². The third-order valence-corrected chi connectivity index (χ3v) is 4.44. The molecular weight excluding hydrogens is 284 g/mol. The maximum Gasteiger partial charge on any atom is 0.307 e.